The van der Waals surface area contributed by atoms with Crippen LogP contribution in [0.4, 0.5) is 19.0 Å². The summed E-state index contributed by atoms with van der Waals surface area (Å²) in [5, 5.41) is 8.61. The fraction of sp³-hybridized carbons (Fsp3) is 0.385. The van der Waals surface area contributed by atoms with E-state index in [1.54, 1.807) is 12.1 Å². The van der Waals surface area contributed by atoms with Crippen molar-refractivity contribution in [3.05, 3.63) is 30.0 Å². The van der Waals surface area contributed by atoms with E-state index in [2.05, 4.69) is 4.98 Å². The second kappa shape index (κ2) is 5.52. The maximum absolute atomic E-state index is 12.6. The van der Waals surface area contributed by atoms with Crippen LogP contribution in [0.3, 0.4) is 0 Å². The van der Waals surface area contributed by atoms with Crippen LogP contribution in [0, 0.1) is 0 Å². The number of alkyl halides is 3. The predicted octanol–water partition coefficient (Wildman–Crippen LogP) is 2.71. The number of hydrogen-bond acceptors (Lipinski definition) is 3. The monoisotopic (exact) mass is 286 g/mol. The molecule has 0 spiro atoms. The number of pyridine rings is 1. The number of halogens is 3. The number of carbonyl (C=O) groups is 1. The number of nitrogens with zero attached hydrogens (tertiary/aromatic N) is 2. The highest BCUT2D eigenvalue weighted by molar-refractivity contribution is 5.86. The molecule has 0 amide bonds. The van der Waals surface area contributed by atoms with Gasteiger partial charge in [-0.15, -0.1) is 0 Å². The van der Waals surface area contributed by atoms with Crippen molar-refractivity contribution in [3.63, 3.8) is 0 Å². The molecule has 4 nitrogen and oxygen atoms in total. The van der Waals surface area contributed by atoms with Gasteiger partial charge in [0.25, 0.3) is 0 Å². The fourth-order valence-corrected chi connectivity index (χ4v) is 1.90. The molecule has 7 heteroatoms. The molecule has 0 saturated heterocycles. The molecule has 1 heterocycles. The Kier molecular flexibility index (Phi) is 3.96. The van der Waals surface area contributed by atoms with Crippen LogP contribution in [0.2, 0.25) is 0 Å². The lowest BCUT2D eigenvalue weighted by atomic mass is 10.2. The highest BCUT2D eigenvalue weighted by Gasteiger charge is 2.39. The Bertz CT molecular complexity index is 525. The van der Waals surface area contributed by atoms with E-state index in [0.29, 0.717) is 18.4 Å². The lowest BCUT2D eigenvalue weighted by molar-refractivity contribution is -0.131. The second-order valence-corrected chi connectivity index (χ2v) is 4.56. The van der Waals surface area contributed by atoms with Crippen LogP contribution in [-0.4, -0.2) is 34.8 Å². The zero-order chi connectivity index (χ0) is 14.8. The molecular formula is C13H13F3N2O2. The molecule has 0 atom stereocenters. The maximum atomic E-state index is 12.6. The zero-order valence-electron chi connectivity index (χ0n) is 10.5. The quantitative estimate of drug-likeness (QED) is 0.846. The third kappa shape index (κ3) is 3.97. The summed E-state index contributed by atoms with van der Waals surface area (Å²) in [6.07, 6.45) is 0.603. The van der Waals surface area contributed by atoms with Crippen molar-refractivity contribution in [2.45, 2.75) is 25.1 Å². The van der Waals surface area contributed by atoms with Crippen molar-refractivity contribution in [2.24, 2.45) is 0 Å². The lowest BCUT2D eigenvalue weighted by Gasteiger charge is -2.26. The van der Waals surface area contributed by atoms with Gasteiger partial charge in [0.15, 0.2) is 0 Å². The van der Waals surface area contributed by atoms with Crippen LogP contribution < -0.4 is 4.90 Å². The van der Waals surface area contributed by atoms with E-state index in [1.165, 1.54) is 17.2 Å². The van der Waals surface area contributed by atoms with Crippen LogP contribution >= 0.6 is 0 Å². The number of rotatable bonds is 5. The summed E-state index contributed by atoms with van der Waals surface area (Å²) in [5.74, 6) is -0.988. The number of anilines is 1. The van der Waals surface area contributed by atoms with Crippen molar-refractivity contribution in [1.29, 1.82) is 0 Å². The molecule has 20 heavy (non-hydrogen) atoms. The van der Waals surface area contributed by atoms with Crippen molar-refractivity contribution in [3.8, 4) is 0 Å². The van der Waals surface area contributed by atoms with Gasteiger partial charge in [-0.1, -0.05) is 0 Å². The molecule has 0 aliphatic heterocycles. The van der Waals surface area contributed by atoms with E-state index >= 15 is 0 Å². The minimum absolute atomic E-state index is 0.171. The number of aromatic nitrogens is 1. The molecule has 1 aromatic rings. The maximum Gasteiger partial charge on any atom is 0.405 e. The second-order valence-electron chi connectivity index (χ2n) is 4.56. The molecule has 1 aliphatic rings. The summed E-state index contributed by atoms with van der Waals surface area (Å²) in [6.45, 7) is -1.08. The normalized spacial score (nSPS) is 15.6. The number of aliphatic carboxylic acids is 1. The van der Waals surface area contributed by atoms with Gasteiger partial charge in [-0.3, -0.25) is 0 Å². The van der Waals surface area contributed by atoms with Crippen molar-refractivity contribution < 1.29 is 23.1 Å². The van der Waals surface area contributed by atoms with Gasteiger partial charge in [-0.05, 0) is 31.1 Å². The average Bonchev–Trinajstić information content (AvgIpc) is 3.17. The largest absolute Gasteiger partial charge is 0.478 e. The number of carboxylic acid groups (broad SMARTS) is 1. The molecule has 1 aromatic heterocycles. The molecule has 0 bridgehead atoms. The molecule has 108 valence electrons. The predicted molar refractivity (Wildman–Crippen MR) is 67.3 cm³/mol. The molecule has 1 saturated carbocycles. The van der Waals surface area contributed by atoms with Crippen LogP contribution in [0.15, 0.2) is 24.4 Å². The number of hydrogen-bond donors (Lipinski definition) is 1. The van der Waals surface area contributed by atoms with Crippen molar-refractivity contribution in [2.75, 3.05) is 11.4 Å². The highest BCUT2D eigenvalue weighted by Crippen LogP contribution is 2.35. The Morgan fingerprint density at radius 1 is 1.50 bits per heavy atom. The van der Waals surface area contributed by atoms with Crippen molar-refractivity contribution >= 4 is 17.9 Å². The minimum Gasteiger partial charge on any atom is -0.478 e. The first-order valence-electron chi connectivity index (χ1n) is 6.06. The van der Waals surface area contributed by atoms with Gasteiger partial charge in [0, 0.05) is 23.9 Å². The topological polar surface area (TPSA) is 53.4 Å². The van der Waals surface area contributed by atoms with E-state index in [-0.39, 0.29) is 11.9 Å². The summed E-state index contributed by atoms with van der Waals surface area (Å²) in [7, 11) is 0. The third-order valence-electron chi connectivity index (χ3n) is 2.83. The average molecular weight is 286 g/mol. The van der Waals surface area contributed by atoms with Gasteiger partial charge in [-0.25, -0.2) is 9.78 Å². The minimum atomic E-state index is -4.33. The Balaban J connectivity index is 2.31. The Labute approximate surface area is 113 Å². The summed E-state index contributed by atoms with van der Waals surface area (Å²) in [6, 6.07) is 2.93. The molecular weight excluding hydrogens is 273 g/mol. The molecule has 0 aromatic carbocycles. The van der Waals surface area contributed by atoms with E-state index < -0.39 is 18.7 Å². The molecule has 1 fully saturated rings. The van der Waals surface area contributed by atoms with Gasteiger partial charge >= 0.3 is 12.1 Å². The van der Waals surface area contributed by atoms with Crippen LogP contribution in [0.25, 0.3) is 6.08 Å². The highest BCUT2D eigenvalue weighted by atomic mass is 19.4. The summed E-state index contributed by atoms with van der Waals surface area (Å²) in [4.78, 5) is 15.7. The van der Waals surface area contributed by atoms with E-state index in [9.17, 15) is 18.0 Å². The first kappa shape index (κ1) is 14.4. The van der Waals surface area contributed by atoms with Gasteiger partial charge < -0.3 is 10.0 Å². The Morgan fingerprint density at radius 2 is 2.20 bits per heavy atom. The zero-order valence-corrected chi connectivity index (χ0v) is 10.5. The summed E-state index contributed by atoms with van der Waals surface area (Å²) >= 11 is 0. The molecule has 1 N–H and O–H groups in total. The first-order valence-corrected chi connectivity index (χ1v) is 6.06. The van der Waals surface area contributed by atoms with Crippen LogP contribution in [0.1, 0.15) is 18.4 Å². The molecule has 0 radical (unpaired) electrons. The molecule has 0 unspecified atom stereocenters. The van der Waals surface area contributed by atoms with Gasteiger partial charge in [-0.2, -0.15) is 13.2 Å². The molecule has 1 aliphatic carbocycles. The Morgan fingerprint density at radius 3 is 2.75 bits per heavy atom. The van der Waals surface area contributed by atoms with E-state index in [1.807, 2.05) is 0 Å². The SMILES string of the molecule is O=C(O)/C=C/c1cccnc1N(CC(F)(F)F)C1CC1. The smallest absolute Gasteiger partial charge is 0.405 e. The fourth-order valence-electron chi connectivity index (χ4n) is 1.90. The van der Waals surface area contributed by atoms with Crippen molar-refractivity contribution in [1.82, 2.24) is 4.98 Å². The summed E-state index contributed by atoms with van der Waals surface area (Å²) < 4.78 is 37.9. The van der Waals surface area contributed by atoms with Crippen LogP contribution in [-0.2, 0) is 4.79 Å². The lowest BCUT2D eigenvalue weighted by Crippen LogP contribution is -2.37. The summed E-state index contributed by atoms with van der Waals surface area (Å²) in [5.41, 5.74) is 0.367. The van der Waals surface area contributed by atoms with E-state index in [4.69, 9.17) is 5.11 Å². The van der Waals surface area contributed by atoms with Gasteiger partial charge in [0.1, 0.15) is 12.4 Å². The Hall–Kier alpha value is -2.05. The first-order chi connectivity index (χ1) is 9.37. The standard InChI is InChI=1S/C13H13F3N2O2/c14-13(15,16)8-18(10-4-5-10)12-9(2-1-7-17-12)3-6-11(19)20/h1-3,6-7,10H,4-5,8H2,(H,19,20)/b6-3+. The third-order valence-corrected chi connectivity index (χ3v) is 2.83. The molecule has 2 rings (SSSR count). The van der Waals surface area contributed by atoms with E-state index in [0.717, 1.165) is 6.08 Å². The van der Waals surface area contributed by atoms with Gasteiger partial charge in [0.05, 0.1) is 0 Å². The van der Waals surface area contributed by atoms with Gasteiger partial charge in [0.2, 0.25) is 0 Å². The number of carboxylic acids is 1. The van der Waals surface area contributed by atoms with Crippen LogP contribution in [0.5, 0.6) is 0 Å².